The summed E-state index contributed by atoms with van der Waals surface area (Å²) >= 11 is 3.35. The second-order valence-electron chi connectivity index (χ2n) is 5.96. The molecule has 0 fully saturated rings. The van der Waals surface area contributed by atoms with Crippen molar-refractivity contribution in [1.29, 1.82) is 0 Å². The average molecular weight is 395 g/mol. The third kappa shape index (κ3) is 7.91. The maximum absolute atomic E-state index is 12.2. The molecule has 0 amide bonds. The standard InChI is InChI=1S/C20H27BrO3/c1-2-3-4-5-6-9-12-16-15-18(21)20(24)17(16)13-10-7-8-11-14-19(22)23/h2-3,6,9,13,15-16H,4-5,7-8,10-12,14H2,1H3,(H,22,23). The Balaban J connectivity index is 2.43. The predicted molar refractivity (Wildman–Crippen MR) is 102 cm³/mol. The molecule has 0 radical (unpaired) electrons. The third-order valence-corrected chi connectivity index (χ3v) is 4.60. The Hall–Kier alpha value is -1.42. The molecule has 0 aliphatic heterocycles. The van der Waals surface area contributed by atoms with Crippen molar-refractivity contribution in [3.63, 3.8) is 0 Å². The monoisotopic (exact) mass is 394 g/mol. The fraction of sp³-hybridized carbons (Fsp3) is 0.500. The minimum absolute atomic E-state index is 0.0906. The molecule has 24 heavy (non-hydrogen) atoms. The van der Waals surface area contributed by atoms with E-state index in [9.17, 15) is 9.59 Å². The Bertz CT molecular complexity index is 541. The molecule has 1 atom stereocenters. The first-order valence-corrected chi connectivity index (χ1v) is 9.45. The molecular formula is C20H27BrO3. The highest BCUT2D eigenvalue weighted by Crippen LogP contribution is 2.33. The molecular weight excluding hydrogens is 368 g/mol. The summed E-state index contributed by atoms with van der Waals surface area (Å²) in [5.74, 6) is -0.495. The highest BCUT2D eigenvalue weighted by molar-refractivity contribution is 9.12. The molecule has 1 rings (SSSR count). The van der Waals surface area contributed by atoms with Crippen LogP contribution < -0.4 is 0 Å². The fourth-order valence-electron chi connectivity index (χ4n) is 2.66. The van der Waals surface area contributed by atoms with Crippen LogP contribution in [-0.4, -0.2) is 16.9 Å². The summed E-state index contributed by atoms with van der Waals surface area (Å²) in [5, 5.41) is 8.61. The van der Waals surface area contributed by atoms with E-state index in [1.54, 1.807) is 0 Å². The fourth-order valence-corrected chi connectivity index (χ4v) is 3.21. The first-order valence-electron chi connectivity index (χ1n) is 8.66. The minimum Gasteiger partial charge on any atom is -0.481 e. The van der Waals surface area contributed by atoms with Crippen LogP contribution in [-0.2, 0) is 9.59 Å². The van der Waals surface area contributed by atoms with Gasteiger partial charge in [-0.2, -0.15) is 0 Å². The number of carbonyl (C=O) groups excluding carboxylic acids is 1. The molecule has 1 aliphatic carbocycles. The maximum atomic E-state index is 12.2. The first-order chi connectivity index (χ1) is 11.6. The van der Waals surface area contributed by atoms with Crippen molar-refractivity contribution in [2.24, 2.45) is 5.92 Å². The summed E-state index contributed by atoms with van der Waals surface area (Å²) in [6.07, 6.45) is 19.1. The maximum Gasteiger partial charge on any atom is 0.303 e. The van der Waals surface area contributed by atoms with E-state index in [1.807, 2.05) is 19.1 Å². The van der Waals surface area contributed by atoms with Crippen molar-refractivity contribution in [1.82, 2.24) is 0 Å². The van der Waals surface area contributed by atoms with Crippen molar-refractivity contribution in [3.05, 3.63) is 46.5 Å². The molecule has 0 aromatic heterocycles. The third-order valence-electron chi connectivity index (χ3n) is 3.98. The molecule has 0 spiro atoms. The van der Waals surface area contributed by atoms with Crippen LogP contribution in [0.25, 0.3) is 0 Å². The number of ketones is 1. The Labute approximate surface area is 153 Å². The molecule has 1 unspecified atom stereocenters. The van der Waals surface area contributed by atoms with Crippen molar-refractivity contribution < 1.29 is 14.7 Å². The van der Waals surface area contributed by atoms with Crippen LogP contribution in [0.15, 0.2) is 46.5 Å². The number of allylic oxidation sites excluding steroid dienone is 8. The lowest BCUT2D eigenvalue weighted by molar-refractivity contribution is -0.137. The number of Topliss-reactive ketones (excluding diaryl/α,β-unsaturated/α-hetero) is 1. The quantitative estimate of drug-likeness (QED) is 0.276. The van der Waals surface area contributed by atoms with Crippen LogP contribution in [0.1, 0.15) is 58.3 Å². The van der Waals surface area contributed by atoms with Gasteiger partial charge in [-0.1, -0.05) is 42.9 Å². The van der Waals surface area contributed by atoms with Crippen LogP contribution in [0, 0.1) is 5.92 Å². The lowest BCUT2D eigenvalue weighted by Gasteiger charge is -2.07. The molecule has 0 aromatic carbocycles. The van der Waals surface area contributed by atoms with E-state index in [1.165, 1.54) is 0 Å². The van der Waals surface area contributed by atoms with Gasteiger partial charge in [-0.25, -0.2) is 0 Å². The number of carboxylic acid groups (broad SMARTS) is 1. The van der Waals surface area contributed by atoms with E-state index in [-0.39, 0.29) is 18.1 Å². The molecule has 132 valence electrons. The van der Waals surface area contributed by atoms with Gasteiger partial charge in [0, 0.05) is 17.9 Å². The smallest absolute Gasteiger partial charge is 0.303 e. The zero-order valence-electron chi connectivity index (χ0n) is 14.3. The number of aliphatic carboxylic acids is 1. The van der Waals surface area contributed by atoms with Crippen LogP contribution in [0.4, 0.5) is 0 Å². The summed E-state index contributed by atoms with van der Waals surface area (Å²) in [6.45, 7) is 2.02. The van der Waals surface area contributed by atoms with Crippen LogP contribution in [0.5, 0.6) is 0 Å². The normalized spacial score (nSPS) is 19.8. The van der Waals surface area contributed by atoms with Crippen LogP contribution in [0.3, 0.4) is 0 Å². The van der Waals surface area contributed by atoms with Gasteiger partial charge in [0.2, 0.25) is 0 Å². The van der Waals surface area contributed by atoms with Gasteiger partial charge in [0.15, 0.2) is 5.78 Å². The number of carboxylic acids is 1. The predicted octanol–water partition coefficient (Wildman–Crippen LogP) is 5.73. The molecule has 3 nitrogen and oxygen atoms in total. The van der Waals surface area contributed by atoms with Crippen molar-refractivity contribution >= 4 is 27.7 Å². The summed E-state index contributed by atoms with van der Waals surface area (Å²) < 4.78 is 0.659. The Morgan fingerprint density at radius 1 is 1.17 bits per heavy atom. The zero-order valence-corrected chi connectivity index (χ0v) is 15.9. The van der Waals surface area contributed by atoms with E-state index in [0.29, 0.717) is 10.9 Å². The van der Waals surface area contributed by atoms with Crippen LogP contribution >= 0.6 is 15.9 Å². The largest absolute Gasteiger partial charge is 0.481 e. The minimum atomic E-state index is -0.742. The number of carbonyl (C=O) groups is 2. The molecule has 1 N–H and O–H groups in total. The molecule has 0 saturated carbocycles. The van der Waals surface area contributed by atoms with Gasteiger partial charge in [0.1, 0.15) is 0 Å². The number of rotatable bonds is 11. The highest BCUT2D eigenvalue weighted by Gasteiger charge is 2.27. The topological polar surface area (TPSA) is 54.4 Å². The van der Waals surface area contributed by atoms with Crippen molar-refractivity contribution in [3.8, 4) is 0 Å². The molecule has 0 bridgehead atoms. The van der Waals surface area contributed by atoms with Gasteiger partial charge >= 0.3 is 5.97 Å². The molecule has 0 saturated heterocycles. The summed E-state index contributed by atoms with van der Waals surface area (Å²) in [4.78, 5) is 22.7. The van der Waals surface area contributed by atoms with Crippen molar-refractivity contribution in [2.45, 2.75) is 58.3 Å². The van der Waals surface area contributed by atoms with Gasteiger partial charge in [0.25, 0.3) is 0 Å². The molecule has 0 heterocycles. The first kappa shape index (κ1) is 20.6. The lowest BCUT2D eigenvalue weighted by atomic mass is 9.96. The highest BCUT2D eigenvalue weighted by atomic mass is 79.9. The number of hydrogen-bond donors (Lipinski definition) is 1. The number of hydrogen-bond acceptors (Lipinski definition) is 2. The number of halogens is 1. The second-order valence-corrected chi connectivity index (χ2v) is 6.81. The van der Waals surface area contributed by atoms with E-state index >= 15 is 0 Å². The summed E-state index contributed by atoms with van der Waals surface area (Å²) in [6, 6.07) is 0. The Kier molecular flexibility index (Phi) is 10.3. The molecule has 1 aliphatic rings. The SMILES string of the molecule is CC=CCCC=CCC1C=C(Br)C(=O)C1=CCCCCCC(=O)O. The van der Waals surface area contributed by atoms with E-state index in [2.05, 4.69) is 40.2 Å². The Morgan fingerprint density at radius 2 is 1.92 bits per heavy atom. The van der Waals surface area contributed by atoms with Gasteiger partial charge < -0.3 is 5.11 Å². The zero-order chi connectivity index (χ0) is 17.8. The van der Waals surface area contributed by atoms with Gasteiger partial charge in [-0.05, 0) is 61.4 Å². The lowest BCUT2D eigenvalue weighted by Crippen LogP contribution is -2.03. The van der Waals surface area contributed by atoms with Gasteiger partial charge in [0.05, 0.1) is 4.48 Å². The van der Waals surface area contributed by atoms with Crippen molar-refractivity contribution in [2.75, 3.05) is 0 Å². The summed E-state index contributed by atoms with van der Waals surface area (Å²) in [7, 11) is 0. The summed E-state index contributed by atoms with van der Waals surface area (Å²) in [5.41, 5.74) is 0.873. The van der Waals surface area contributed by atoms with Crippen LogP contribution in [0.2, 0.25) is 0 Å². The van der Waals surface area contributed by atoms with E-state index in [4.69, 9.17) is 5.11 Å². The second kappa shape index (κ2) is 12.0. The van der Waals surface area contributed by atoms with Gasteiger partial charge in [-0.3, -0.25) is 9.59 Å². The number of unbranched alkanes of at least 4 members (excludes halogenated alkanes) is 4. The Morgan fingerprint density at radius 3 is 2.62 bits per heavy atom. The van der Waals surface area contributed by atoms with E-state index < -0.39 is 5.97 Å². The van der Waals surface area contributed by atoms with Gasteiger partial charge in [-0.15, -0.1) is 0 Å². The van der Waals surface area contributed by atoms with E-state index in [0.717, 1.165) is 44.1 Å². The molecule has 0 aromatic rings. The average Bonchev–Trinajstić information content (AvgIpc) is 2.81. The molecule has 4 heteroatoms.